The van der Waals surface area contributed by atoms with Crippen LogP contribution >= 0.6 is 0 Å². The summed E-state index contributed by atoms with van der Waals surface area (Å²) in [6.45, 7) is 3.21. The molecule has 0 unspecified atom stereocenters. The summed E-state index contributed by atoms with van der Waals surface area (Å²) in [6, 6.07) is 3.56. The predicted octanol–water partition coefficient (Wildman–Crippen LogP) is -0.160. The smallest absolute Gasteiger partial charge is 0.258 e. The number of nitrogens with zero attached hydrogens (tertiary/aromatic N) is 5. The highest BCUT2D eigenvalue weighted by Crippen LogP contribution is 2.18. The number of carbonyl (C=O) groups is 2. The molecule has 0 saturated carbocycles. The van der Waals surface area contributed by atoms with Crippen molar-refractivity contribution in [3.05, 3.63) is 30.0 Å². The summed E-state index contributed by atoms with van der Waals surface area (Å²) in [5.41, 5.74) is 1.33. The topological polar surface area (TPSA) is 127 Å². The zero-order valence-electron chi connectivity index (χ0n) is 13.1. The molecule has 0 atom stereocenters. The average molecular weight is 329 g/mol. The van der Waals surface area contributed by atoms with Crippen LogP contribution in [0, 0.1) is 6.92 Å². The molecule has 10 nitrogen and oxygen atoms in total. The van der Waals surface area contributed by atoms with Gasteiger partial charge in [-0.05, 0) is 19.1 Å². The van der Waals surface area contributed by atoms with E-state index in [4.69, 9.17) is 4.52 Å². The van der Waals surface area contributed by atoms with Crippen LogP contribution in [0.5, 0.6) is 0 Å². The van der Waals surface area contributed by atoms with Gasteiger partial charge in [0.15, 0.2) is 17.3 Å². The van der Waals surface area contributed by atoms with E-state index in [0.29, 0.717) is 23.2 Å². The van der Waals surface area contributed by atoms with Crippen LogP contribution in [0.3, 0.4) is 0 Å². The minimum atomic E-state index is -0.306. The van der Waals surface area contributed by atoms with Crippen molar-refractivity contribution >= 4 is 17.5 Å². The Bertz CT molecular complexity index is 899. The van der Waals surface area contributed by atoms with Gasteiger partial charge in [-0.15, -0.1) is 10.2 Å². The van der Waals surface area contributed by atoms with Crippen molar-refractivity contribution in [1.82, 2.24) is 35.4 Å². The Kier molecular flexibility index (Phi) is 4.18. The monoisotopic (exact) mass is 329 g/mol. The van der Waals surface area contributed by atoms with Gasteiger partial charge in [-0.3, -0.25) is 14.0 Å². The molecule has 24 heavy (non-hydrogen) atoms. The van der Waals surface area contributed by atoms with Crippen molar-refractivity contribution in [3.8, 4) is 11.5 Å². The number of rotatable bonds is 5. The number of hydrogen-bond acceptors (Lipinski definition) is 7. The molecule has 0 radical (unpaired) electrons. The minimum Gasteiger partial charge on any atom is -0.347 e. The van der Waals surface area contributed by atoms with Crippen LogP contribution in [0.25, 0.3) is 17.1 Å². The summed E-state index contributed by atoms with van der Waals surface area (Å²) >= 11 is 0. The Hall–Kier alpha value is -3.30. The van der Waals surface area contributed by atoms with Crippen molar-refractivity contribution in [2.24, 2.45) is 0 Å². The van der Waals surface area contributed by atoms with Gasteiger partial charge in [0, 0.05) is 18.7 Å². The molecule has 10 heteroatoms. The number of hydrogen-bond donors (Lipinski definition) is 2. The first-order valence-corrected chi connectivity index (χ1v) is 7.18. The van der Waals surface area contributed by atoms with Gasteiger partial charge in [0.05, 0.1) is 13.1 Å². The lowest BCUT2D eigenvalue weighted by Crippen LogP contribution is -2.35. The van der Waals surface area contributed by atoms with Crippen LogP contribution in [-0.2, 0) is 16.1 Å². The summed E-state index contributed by atoms with van der Waals surface area (Å²) in [4.78, 5) is 26.5. The summed E-state index contributed by atoms with van der Waals surface area (Å²) in [6.07, 6.45) is 1.76. The molecule has 3 aromatic heterocycles. The molecule has 2 amide bonds. The second-order valence-electron chi connectivity index (χ2n) is 5.09. The van der Waals surface area contributed by atoms with E-state index in [1.54, 1.807) is 29.7 Å². The standard InChI is InChI=1S/C14H15N7O3/c1-8-17-14(24-20-8)10-3-4-21-11(5-10)18-19-12(21)6-16-13(23)7-15-9(2)22/h3-5H,6-7H2,1-2H3,(H,15,22)(H,16,23). The molecular weight excluding hydrogens is 314 g/mol. The Morgan fingerprint density at radius 2 is 2.12 bits per heavy atom. The molecule has 0 aliphatic carbocycles. The second kappa shape index (κ2) is 6.44. The quantitative estimate of drug-likeness (QED) is 0.665. The van der Waals surface area contributed by atoms with Crippen molar-refractivity contribution in [3.63, 3.8) is 0 Å². The lowest BCUT2D eigenvalue weighted by Gasteiger charge is -2.04. The van der Waals surface area contributed by atoms with Gasteiger partial charge >= 0.3 is 0 Å². The number of aromatic nitrogens is 5. The largest absolute Gasteiger partial charge is 0.347 e. The van der Waals surface area contributed by atoms with E-state index in [1.165, 1.54) is 6.92 Å². The molecule has 124 valence electrons. The summed E-state index contributed by atoms with van der Waals surface area (Å²) in [5, 5.41) is 17.0. The Labute approximate surface area is 136 Å². The van der Waals surface area contributed by atoms with E-state index in [0.717, 1.165) is 5.56 Å². The van der Waals surface area contributed by atoms with E-state index < -0.39 is 0 Å². The van der Waals surface area contributed by atoms with E-state index >= 15 is 0 Å². The summed E-state index contributed by atoms with van der Waals surface area (Å²) in [7, 11) is 0. The fourth-order valence-corrected chi connectivity index (χ4v) is 2.05. The van der Waals surface area contributed by atoms with Gasteiger partial charge in [0.2, 0.25) is 11.8 Å². The third kappa shape index (κ3) is 3.37. The van der Waals surface area contributed by atoms with Crippen LogP contribution < -0.4 is 10.6 Å². The molecule has 0 spiro atoms. The fourth-order valence-electron chi connectivity index (χ4n) is 2.05. The summed E-state index contributed by atoms with van der Waals surface area (Å²) in [5.74, 6) is 0.952. The van der Waals surface area contributed by atoms with Crippen molar-refractivity contribution < 1.29 is 14.1 Å². The van der Waals surface area contributed by atoms with Gasteiger partial charge in [0.1, 0.15) is 0 Å². The van der Waals surface area contributed by atoms with Crippen molar-refractivity contribution in [2.45, 2.75) is 20.4 Å². The first kappa shape index (κ1) is 15.6. The van der Waals surface area contributed by atoms with E-state index in [2.05, 4.69) is 31.0 Å². The van der Waals surface area contributed by atoms with Gasteiger partial charge in [-0.2, -0.15) is 4.98 Å². The molecule has 3 heterocycles. The molecule has 0 saturated heterocycles. The highest BCUT2D eigenvalue weighted by Gasteiger charge is 2.11. The number of carbonyl (C=O) groups excluding carboxylic acids is 2. The van der Waals surface area contributed by atoms with Gasteiger partial charge in [-0.1, -0.05) is 5.16 Å². The Morgan fingerprint density at radius 1 is 1.29 bits per heavy atom. The predicted molar refractivity (Wildman–Crippen MR) is 81.5 cm³/mol. The second-order valence-corrected chi connectivity index (χ2v) is 5.09. The molecule has 0 fully saturated rings. The number of pyridine rings is 1. The number of amides is 2. The Morgan fingerprint density at radius 3 is 2.83 bits per heavy atom. The highest BCUT2D eigenvalue weighted by molar-refractivity contribution is 5.83. The molecule has 0 bridgehead atoms. The number of aryl methyl sites for hydroxylation is 1. The lowest BCUT2D eigenvalue weighted by molar-refractivity contribution is -0.125. The third-order valence-electron chi connectivity index (χ3n) is 3.20. The maximum Gasteiger partial charge on any atom is 0.258 e. The van der Waals surface area contributed by atoms with Crippen molar-refractivity contribution in [1.29, 1.82) is 0 Å². The maximum absolute atomic E-state index is 11.6. The van der Waals surface area contributed by atoms with Gasteiger partial charge in [-0.25, -0.2) is 0 Å². The fraction of sp³-hybridized carbons (Fsp3) is 0.286. The van der Waals surface area contributed by atoms with Crippen LogP contribution in [-0.4, -0.2) is 43.1 Å². The highest BCUT2D eigenvalue weighted by atomic mass is 16.5. The normalized spacial score (nSPS) is 10.8. The minimum absolute atomic E-state index is 0.0767. The van der Waals surface area contributed by atoms with E-state index in [9.17, 15) is 9.59 Å². The molecule has 2 N–H and O–H groups in total. The molecule has 0 aliphatic heterocycles. The SMILES string of the molecule is CC(=O)NCC(=O)NCc1nnc2cc(-c3nc(C)no3)ccn12. The van der Waals surface area contributed by atoms with Crippen LogP contribution in [0.2, 0.25) is 0 Å². The molecule has 0 aliphatic rings. The first-order valence-electron chi connectivity index (χ1n) is 7.18. The van der Waals surface area contributed by atoms with E-state index in [-0.39, 0.29) is 24.9 Å². The van der Waals surface area contributed by atoms with Gasteiger partial charge < -0.3 is 15.2 Å². The van der Waals surface area contributed by atoms with Crippen molar-refractivity contribution in [2.75, 3.05) is 6.54 Å². The van der Waals surface area contributed by atoms with Crippen LogP contribution in [0.4, 0.5) is 0 Å². The third-order valence-corrected chi connectivity index (χ3v) is 3.20. The summed E-state index contributed by atoms with van der Waals surface area (Å²) < 4.78 is 6.86. The first-order chi connectivity index (χ1) is 11.5. The molecular formula is C14H15N7O3. The maximum atomic E-state index is 11.6. The van der Waals surface area contributed by atoms with Crippen LogP contribution in [0.1, 0.15) is 18.6 Å². The molecule has 0 aromatic carbocycles. The van der Waals surface area contributed by atoms with Crippen LogP contribution in [0.15, 0.2) is 22.9 Å². The average Bonchev–Trinajstić information content (AvgIpc) is 3.16. The zero-order valence-corrected chi connectivity index (χ0v) is 13.1. The molecule has 3 aromatic rings. The molecule has 3 rings (SSSR count). The Balaban J connectivity index is 1.72. The number of nitrogens with one attached hydrogen (secondary N) is 2. The zero-order chi connectivity index (χ0) is 17.1. The lowest BCUT2D eigenvalue weighted by atomic mass is 10.2. The van der Waals surface area contributed by atoms with Gasteiger partial charge in [0.25, 0.3) is 5.89 Å². The number of fused-ring (bicyclic) bond motifs is 1. The van der Waals surface area contributed by atoms with E-state index in [1.807, 2.05) is 0 Å².